The Labute approximate surface area is 113 Å². The lowest BCUT2D eigenvalue weighted by molar-refractivity contribution is 0.870. The van der Waals surface area contributed by atoms with Crippen molar-refractivity contribution >= 4 is 0 Å². The molecular weight excluding hydrogens is 236 g/mol. The minimum absolute atomic E-state index is 0.00745. The number of benzene rings is 1. The van der Waals surface area contributed by atoms with E-state index in [1.165, 1.54) is 5.56 Å². The average Bonchev–Trinajstić information content (AvgIpc) is 2.31. The van der Waals surface area contributed by atoms with Gasteiger partial charge in [0.05, 0.1) is 5.69 Å². The SMILES string of the molecule is Cc1ccc(-n2c(C)cc(C)c(CN)c2=O)c(C)c1. The maximum Gasteiger partial charge on any atom is 0.260 e. The molecule has 3 nitrogen and oxygen atoms in total. The molecule has 3 heteroatoms. The number of nitrogens with two attached hydrogens (primary N) is 1. The third-order valence-corrected chi connectivity index (χ3v) is 3.51. The molecule has 1 aromatic heterocycles. The lowest BCUT2D eigenvalue weighted by atomic mass is 10.1. The van der Waals surface area contributed by atoms with Crippen molar-refractivity contribution in [3.63, 3.8) is 0 Å². The van der Waals surface area contributed by atoms with Crippen molar-refractivity contribution in [2.75, 3.05) is 0 Å². The molecule has 2 aromatic rings. The average molecular weight is 256 g/mol. The summed E-state index contributed by atoms with van der Waals surface area (Å²) in [6.07, 6.45) is 0. The van der Waals surface area contributed by atoms with Crippen LogP contribution in [0.25, 0.3) is 5.69 Å². The van der Waals surface area contributed by atoms with E-state index in [0.717, 1.165) is 22.5 Å². The Morgan fingerprint density at radius 3 is 2.32 bits per heavy atom. The van der Waals surface area contributed by atoms with Crippen LogP contribution in [0.2, 0.25) is 0 Å². The van der Waals surface area contributed by atoms with Gasteiger partial charge in [-0.3, -0.25) is 9.36 Å². The highest BCUT2D eigenvalue weighted by Gasteiger charge is 2.12. The molecule has 0 aliphatic carbocycles. The zero-order valence-electron chi connectivity index (χ0n) is 11.9. The van der Waals surface area contributed by atoms with Gasteiger partial charge in [-0.25, -0.2) is 0 Å². The highest BCUT2D eigenvalue weighted by Crippen LogP contribution is 2.17. The fraction of sp³-hybridized carbons (Fsp3) is 0.312. The van der Waals surface area contributed by atoms with E-state index < -0.39 is 0 Å². The first-order valence-corrected chi connectivity index (χ1v) is 6.45. The van der Waals surface area contributed by atoms with Gasteiger partial charge in [0, 0.05) is 17.8 Å². The summed E-state index contributed by atoms with van der Waals surface area (Å²) < 4.78 is 1.75. The van der Waals surface area contributed by atoms with Gasteiger partial charge < -0.3 is 5.73 Å². The molecule has 0 radical (unpaired) electrons. The summed E-state index contributed by atoms with van der Waals surface area (Å²) in [4.78, 5) is 12.6. The second-order valence-corrected chi connectivity index (χ2v) is 5.08. The monoisotopic (exact) mass is 256 g/mol. The zero-order chi connectivity index (χ0) is 14.2. The van der Waals surface area contributed by atoms with Crippen molar-refractivity contribution in [1.29, 1.82) is 0 Å². The summed E-state index contributed by atoms with van der Waals surface area (Å²) in [5, 5.41) is 0. The van der Waals surface area contributed by atoms with Crippen LogP contribution in [0, 0.1) is 27.7 Å². The molecule has 0 aliphatic heterocycles. The lowest BCUT2D eigenvalue weighted by Gasteiger charge is -2.16. The number of rotatable bonds is 2. The van der Waals surface area contributed by atoms with E-state index in [1.807, 2.05) is 45.9 Å². The van der Waals surface area contributed by atoms with Crippen LogP contribution < -0.4 is 11.3 Å². The van der Waals surface area contributed by atoms with Crippen LogP contribution in [0.3, 0.4) is 0 Å². The van der Waals surface area contributed by atoms with E-state index in [1.54, 1.807) is 4.57 Å². The first-order chi connectivity index (χ1) is 8.95. The second kappa shape index (κ2) is 5.02. The molecule has 19 heavy (non-hydrogen) atoms. The first-order valence-electron chi connectivity index (χ1n) is 6.45. The van der Waals surface area contributed by atoms with Crippen LogP contribution in [-0.2, 0) is 6.54 Å². The molecule has 100 valence electrons. The number of hydrogen-bond donors (Lipinski definition) is 1. The normalized spacial score (nSPS) is 10.8. The van der Waals surface area contributed by atoms with Crippen LogP contribution in [0.4, 0.5) is 0 Å². The fourth-order valence-electron chi connectivity index (χ4n) is 2.53. The molecule has 0 amide bonds. The number of aryl methyl sites for hydroxylation is 4. The van der Waals surface area contributed by atoms with Gasteiger partial charge in [0.2, 0.25) is 0 Å². The van der Waals surface area contributed by atoms with Gasteiger partial charge in [-0.2, -0.15) is 0 Å². The molecule has 0 saturated carbocycles. The lowest BCUT2D eigenvalue weighted by Crippen LogP contribution is -2.27. The summed E-state index contributed by atoms with van der Waals surface area (Å²) in [7, 11) is 0. The third kappa shape index (κ3) is 2.34. The summed E-state index contributed by atoms with van der Waals surface area (Å²) in [5.74, 6) is 0. The minimum Gasteiger partial charge on any atom is -0.326 e. The molecule has 1 aromatic carbocycles. The van der Waals surface area contributed by atoms with E-state index in [9.17, 15) is 4.79 Å². The van der Waals surface area contributed by atoms with Crippen molar-refractivity contribution in [1.82, 2.24) is 4.57 Å². The maximum atomic E-state index is 12.6. The number of aromatic nitrogens is 1. The van der Waals surface area contributed by atoms with Crippen molar-refractivity contribution in [2.45, 2.75) is 34.2 Å². The Hall–Kier alpha value is -1.87. The molecule has 2 N–H and O–H groups in total. The van der Waals surface area contributed by atoms with E-state index in [2.05, 4.69) is 6.07 Å². The molecule has 0 saturated heterocycles. The van der Waals surface area contributed by atoms with Gasteiger partial charge in [-0.15, -0.1) is 0 Å². The molecule has 0 unspecified atom stereocenters. The molecule has 0 spiro atoms. The van der Waals surface area contributed by atoms with Crippen LogP contribution in [0.1, 0.15) is 27.9 Å². The summed E-state index contributed by atoms with van der Waals surface area (Å²) in [5.41, 5.74) is 11.5. The fourth-order valence-corrected chi connectivity index (χ4v) is 2.53. The number of nitrogens with zero attached hydrogens (tertiary/aromatic N) is 1. The topological polar surface area (TPSA) is 48.0 Å². The van der Waals surface area contributed by atoms with Gasteiger partial charge in [0.1, 0.15) is 0 Å². The Morgan fingerprint density at radius 1 is 1.05 bits per heavy atom. The van der Waals surface area contributed by atoms with Gasteiger partial charge in [0.25, 0.3) is 5.56 Å². The predicted octanol–water partition coefficient (Wildman–Crippen LogP) is 2.53. The molecule has 1 heterocycles. The van der Waals surface area contributed by atoms with Gasteiger partial charge >= 0.3 is 0 Å². The molecule has 0 bridgehead atoms. The second-order valence-electron chi connectivity index (χ2n) is 5.08. The Bertz CT molecular complexity index is 684. The number of hydrogen-bond acceptors (Lipinski definition) is 2. The van der Waals surface area contributed by atoms with Crippen LogP contribution >= 0.6 is 0 Å². The molecule has 0 atom stereocenters. The molecule has 2 rings (SSSR count). The third-order valence-electron chi connectivity index (χ3n) is 3.51. The first kappa shape index (κ1) is 13.6. The Balaban J connectivity index is 2.79. The van der Waals surface area contributed by atoms with E-state index in [0.29, 0.717) is 5.56 Å². The standard InChI is InChI=1S/C16H20N2O/c1-10-5-6-15(12(3)7-10)18-13(4)8-11(2)14(9-17)16(18)19/h5-8H,9,17H2,1-4H3. The van der Waals surface area contributed by atoms with E-state index in [4.69, 9.17) is 5.73 Å². The van der Waals surface area contributed by atoms with Gasteiger partial charge in [-0.05, 0) is 51.0 Å². The Morgan fingerprint density at radius 2 is 1.74 bits per heavy atom. The number of pyridine rings is 1. The maximum absolute atomic E-state index is 12.6. The largest absolute Gasteiger partial charge is 0.326 e. The minimum atomic E-state index is -0.00745. The van der Waals surface area contributed by atoms with Crippen LogP contribution in [0.5, 0.6) is 0 Å². The van der Waals surface area contributed by atoms with E-state index in [-0.39, 0.29) is 12.1 Å². The highest BCUT2D eigenvalue weighted by atomic mass is 16.1. The smallest absolute Gasteiger partial charge is 0.260 e. The van der Waals surface area contributed by atoms with Crippen LogP contribution in [-0.4, -0.2) is 4.57 Å². The Kier molecular flexibility index (Phi) is 3.58. The zero-order valence-corrected chi connectivity index (χ0v) is 11.9. The van der Waals surface area contributed by atoms with Crippen molar-refractivity contribution in [3.8, 4) is 5.69 Å². The summed E-state index contributed by atoms with van der Waals surface area (Å²) in [6.45, 7) is 8.23. The molecule has 0 fully saturated rings. The van der Waals surface area contributed by atoms with Gasteiger partial charge in [-0.1, -0.05) is 17.7 Å². The highest BCUT2D eigenvalue weighted by molar-refractivity contribution is 5.45. The summed E-state index contributed by atoms with van der Waals surface area (Å²) in [6, 6.07) is 8.12. The van der Waals surface area contributed by atoms with E-state index >= 15 is 0 Å². The molecule has 0 aliphatic rings. The summed E-state index contributed by atoms with van der Waals surface area (Å²) >= 11 is 0. The molecular formula is C16H20N2O. The van der Waals surface area contributed by atoms with Gasteiger partial charge in [0.15, 0.2) is 0 Å². The quantitative estimate of drug-likeness (QED) is 0.897. The predicted molar refractivity (Wildman–Crippen MR) is 78.9 cm³/mol. The van der Waals surface area contributed by atoms with Crippen molar-refractivity contribution < 1.29 is 0 Å². The van der Waals surface area contributed by atoms with Crippen LogP contribution in [0.15, 0.2) is 29.1 Å². The van der Waals surface area contributed by atoms with Crippen molar-refractivity contribution in [2.24, 2.45) is 5.73 Å². The van der Waals surface area contributed by atoms with Crippen molar-refractivity contribution in [3.05, 3.63) is 62.6 Å².